The zero-order chi connectivity index (χ0) is 18.1. The van der Waals surface area contributed by atoms with Gasteiger partial charge in [0.25, 0.3) is 0 Å². The average Bonchev–Trinajstić information content (AvgIpc) is 2.91. The summed E-state index contributed by atoms with van der Waals surface area (Å²) in [6, 6.07) is 4.34. The van der Waals surface area contributed by atoms with Gasteiger partial charge in [-0.05, 0) is 43.9 Å². The van der Waals surface area contributed by atoms with Gasteiger partial charge >= 0.3 is 0 Å². The Hall–Kier alpha value is -2.30. The van der Waals surface area contributed by atoms with Crippen LogP contribution in [0.3, 0.4) is 0 Å². The number of rotatable bonds is 4. The zero-order valence-electron chi connectivity index (χ0n) is 15.5. The summed E-state index contributed by atoms with van der Waals surface area (Å²) in [4.78, 5) is 29.3. The molecule has 1 aliphatic rings. The SMILES string of the molecule is CCc1[nH]c2c(CNC(=O)[C@H]3CCC(=O)N(C)C3)cc(C)cc2c1C. The van der Waals surface area contributed by atoms with Gasteiger partial charge < -0.3 is 15.2 Å². The van der Waals surface area contributed by atoms with E-state index in [4.69, 9.17) is 0 Å². The Bertz CT molecular complexity index is 822. The molecule has 1 saturated heterocycles. The molecule has 1 atom stereocenters. The van der Waals surface area contributed by atoms with E-state index < -0.39 is 0 Å². The van der Waals surface area contributed by atoms with Gasteiger partial charge in [-0.1, -0.05) is 18.6 Å². The molecular formula is C20H27N3O2. The minimum atomic E-state index is -0.111. The number of carbonyl (C=O) groups excluding carboxylic acids is 2. The summed E-state index contributed by atoms with van der Waals surface area (Å²) in [5.74, 6) is 0.0472. The lowest BCUT2D eigenvalue weighted by Crippen LogP contribution is -2.43. The predicted octanol–water partition coefficient (Wildman–Crippen LogP) is 2.83. The molecule has 2 heterocycles. The van der Waals surface area contributed by atoms with Gasteiger partial charge in [-0.3, -0.25) is 9.59 Å². The van der Waals surface area contributed by atoms with Crippen LogP contribution in [-0.4, -0.2) is 35.3 Å². The molecule has 0 spiro atoms. The summed E-state index contributed by atoms with van der Waals surface area (Å²) in [5.41, 5.74) is 5.98. The summed E-state index contributed by atoms with van der Waals surface area (Å²) in [6.07, 6.45) is 2.06. The Morgan fingerprint density at radius 1 is 1.36 bits per heavy atom. The van der Waals surface area contributed by atoms with Crippen molar-refractivity contribution in [1.29, 1.82) is 0 Å². The van der Waals surface area contributed by atoms with E-state index in [1.165, 1.54) is 22.2 Å². The molecule has 5 nitrogen and oxygen atoms in total. The van der Waals surface area contributed by atoms with Crippen LogP contribution in [0.4, 0.5) is 0 Å². The number of likely N-dealkylation sites (tertiary alicyclic amines) is 1. The number of aromatic nitrogens is 1. The molecule has 5 heteroatoms. The molecule has 3 rings (SSSR count). The number of carbonyl (C=O) groups is 2. The lowest BCUT2D eigenvalue weighted by Gasteiger charge is -2.28. The van der Waals surface area contributed by atoms with Gasteiger partial charge in [0.05, 0.1) is 11.4 Å². The maximum Gasteiger partial charge on any atom is 0.225 e. The minimum absolute atomic E-state index is 0.0352. The number of nitrogens with one attached hydrogen (secondary N) is 2. The van der Waals surface area contributed by atoms with E-state index in [1.54, 1.807) is 11.9 Å². The van der Waals surface area contributed by atoms with E-state index in [1.807, 2.05) is 0 Å². The second-order valence-electron chi connectivity index (χ2n) is 7.16. The van der Waals surface area contributed by atoms with Crippen LogP contribution in [0.25, 0.3) is 10.9 Å². The second kappa shape index (κ2) is 6.90. The Morgan fingerprint density at radius 2 is 2.12 bits per heavy atom. The molecule has 0 unspecified atom stereocenters. The summed E-state index contributed by atoms with van der Waals surface area (Å²) >= 11 is 0. The van der Waals surface area contributed by atoms with Gasteiger partial charge in [-0.15, -0.1) is 0 Å². The summed E-state index contributed by atoms with van der Waals surface area (Å²) in [6.45, 7) is 7.40. The minimum Gasteiger partial charge on any atom is -0.358 e. The quantitative estimate of drug-likeness (QED) is 0.898. The highest BCUT2D eigenvalue weighted by molar-refractivity contribution is 5.89. The van der Waals surface area contributed by atoms with Gasteiger partial charge in [0.2, 0.25) is 11.8 Å². The molecule has 134 valence electrons. The predicted molar refractivity (Wildman–Crippen MR) is 99.4 cm³/mol. The lowest BCUT2D eigenvalue weighted by atomic mass is 9.97. The van der Waals surface area contributed by atoms with E-state index in [9.17, 15) is 9.59 Å². The van der Waals surface area contributed by atoms with Gasteiger partial charge in [0.1, 0.15) is 0 Å². The monoisotopic (exact) mass is 341 g/mol. The first-order valence-electron chi connectivity index (χ1n) is 9.03. The van der Waals surface area contributed by atoms with Crippen LogP contribution >= 0.6 is 0 Å². The molecule has 0 bridgehead atoms. The highest BCUT2D eigenvalue weighted by atomic mass is 16.2. The molecule has 0 aliphatic carbocycles. The van der Waals surface area contributed by atoms with Crippen molar-refractivity contribution in [1.82, 2.24) is 15.2 Å². The number of nitrogens with zero attached hydrogens (tertiary/aromatic N) is 1. The number of fused-ring (bicyclic) bond motifs is 1. The Labute approximate surface area is 148 Å². The summed E-state index contributed by atoms with van der Waals surface area (Å²) < 4.78 is 0. The Balaban J connectivity index is 1.77. The van der Waals surface area contributed by atoms with E-state index in [0.717, 1.165) is 17.5 Å². The van der Waals surface area contributed by atoms with Crippen molar-refractivity contribution in [2.45, 2.75) is 46.6 Å². The fourth-order valence-electron chi connectivity index (χ4n) is 3.76. The number of benzene rings is 1. The standard InChI is InChI=1S/C20H27N3O2/c1-5-17-13(3)16-9-12(2)8-15(19(16)22-17)10-21-20(25)14-6-7-18(24)23(4)11-14/h8-9,14,22H,5-7,10-11H2,1-4H3,(H,21,25)/t14-/m0/s1. The first kappa shape index (κ1) is 17.5. The normalized spacial score (nSPS) is 18.0. The number of H-pyrrole nitrogens is 1. The first-order valence-corrected chi connectivity index (χ1v) is 9.03. The number of hydrogen-bond donors (Lipinski definition) is 2. The third-order valence-corrected chi connectivity index (χ3v) is 5.30. The van der Waals surface area contributed by atoms with Crippen LogP contribution in [-0.2, 0) is 22.6 Å². The lowest BCUT2D eigenvalue weighted by molar-refractivity contribution is -0.136. The smallest absolute Gasteiger partial charge is 0.225 e. The van der Waals surface area contributed by atoms with Crippen LogP contribution in [0.1, 0.15) is 42.1 Å². The molecule has 2 N–H and O–H groups in total. The van der Waals surface area contributed by atoms with E-state index >= 15 is 0 Å². The Morgan fingerprint density at radius 3 is 2.80 bits per heavy atom. The summed E-state index contributed by atoms with van der Waals surface area (Å²) in [5, 5.41) is 4.31. The molecule has 1 aromatic heterocycles. The van der Waals surface area contributed by atoms with Crippen molar-refractivity contribution in [3.8, 4) is 0 Å². The third kappa shape index (κ3) is 3.41. The van der Waals surface area contributed by atoms with Gasteiger partial charge in [-0.25, -0.2) is 0 Å². The van der Waals surface area contributed by atoms with Crippen LogP contribution in [0, 0.1) is 19.8 Å². The maximum atomic E-state index is 12.5. The van der Waals surface area contributed by atoms with Crippen molar-refractivity contribution < 1.29 is 9.59 Å². The van der Waals surface area contributed by atoms with E-state index in [2.05, 4.69) is 43.2 Å². The van der Waals surface area contributed by atoms with Crippen molar-refractivity contribution in [2.24, 2.45) is 5.92 Å². The van der Waals surface area contributed by atoms with Crippen molar-refractivity contribution >= 4 is 22.7 Å². The molecule has 0 radical (unpaired) electrons. The number of hydrogen-bond acceptors (Lipinski definition) is 2. The third-order valence-electron chi connectivity index (χ3n) is 5.30. The molecule has 25 heavy (non-hydrogen) atoms. The maximum absolute atomic E-state index is 12.5. The van der Waals surface area contributed by atoms with Crippen LogP contribution in [0.15, 0.2) is 12.1 Å². The fourth-order valence-corrected chi connectivity index (χ4v) is 3.76. The van der Waals surface area contributed by atoms with Crippen LogP contribution < -0.4 is 5.32 Å². The second-order valence-corrected chi connectivity index (χ2v) is 7.16. The average molecular weight is 341 g/mol. The molecule has 0 saturated carbocycles. The van der Waals surface area contributed by atoms with Crippen LogP contribution in [0.2, 0.25) is 0 Å². The Kier molecular flexibility index (Phi) is 4.84. The largest absolute Gasteiger partial charge is 0.358 e. The first-order chi connectivity index (χ1) is 11.9. The van der Waals surface area contributed by atoms with Crippen LogP contribution in [0.5, 0.6) is 0 Å². The van der Waals surface area contributed by atoms with E-state index in [-0.39, 0.29) is 17.7 Å². The fraction of sp³-hybridized carbons (Fsp3) is 0.500. The topological polar surface area (TPSA) is 65.2 Å². The zero-order valence-corrected chi connectivity index (χ0v) is 15.5. The number of aromatic amines is 1. The van der Waals surface area contributed by atoms with Crippen molar-refractivity contribution in [2.75, 3.05) is 13.6 Å². The summed E-state index contributed by atoms with van der Waals surface area (Å²) in [7, 11) is 1.76. The van der Waals surface area contributed by atoms with Gasteiger partial charge in [0, 0.05) is 37.6 Å². The van der Waals surface area contributed by atoms with E-state index in [0.29, 0.717) is 25.9 Å². The number of aryl methyl sites for hydroxylation is 3. The molecule has 1 aromatic carbocycles. The highest BCUT2D eigenvalue weighted by Crippen LogP contribution is 2.27. The highest BCUT2D eigenvalue weighted by Gasteiger charge is 2.28. The number of amides is 2. The van der Waals surface area contributed by atoms with Crippen molar-refractivity contribution in [3.63, 3.8) is 0 Å². The molecule has 1 fully saturated rings. The van der Waals surface area contributed by atoms with Gasteiger partial charge in [0.15, 0.2) is 0 Å². The molecule has 2 aromatic rings. The molecule has 1 aliphatic heterocycles. The number of piperidine rings is 1. The molecule has 2 amide bonds. The molecular weight excluding hydrogens is 314 g/mol. The van der Waals surface area contributed by atoms with Crippen molar-refractivity contribution in [3.05, 3.63) is 34.5 Å². The van der Waals surface area contributed by atoms with Gasteiger partial charge in [-0.2, -0.15) is 0 Å².